The van der Waals surface area contributed by atoms with E-state index in [1.807, 2.05) is 6.07 Å². The SMILES string of the molecule is Cl.NC1CCCN(Cc2cccc(OC(F)F)c2)C1. The zero-order valence-electron chi connectivity index (χ0n) is 10.6. The summed E-state index contributed by atoms with van der Waals surface area (Å²) in [5, 5.41) is 0. The molecule has 1 atom stereocenters. The average Bonchev–Trinajstić information content (AvgIpc) is 2.28. The van der Waals surface area contributed by atoms with E-state index in [9.17, 15) is 8.78 Å². The number of ether oxygens (including phenoxy) is 1. The van der Waals surface area contributed by atoms with Crippen molar-refractivity contribution in [1.82, 2.24) is 4.90 Å². The molecule has 2 N–H and O–H groups in total. The maximum atomic E-state index is 12.1. The Morgan fingerprint density at radius 1 is 1.42 bits per heavy atom. The fourth-order valence-electron chi connectivity index (χ4n) is 2.31. The van der Waals surface area contributed by atoms with Gasteiger partial charge in [0, 0.05) is 19.1 Å². The molecule has 0 aliphatic carbocycles. The van der Waals surface area contributed by atoms with Gasteiger partial charge in [-0.2, -0.15) is 8.78 Å². The summed E-state index contributed by atoms with van der Waals surface area (Å²) in [6.07, 6.45) is 2.15. The van der Waals surface area contributed by atoms with Crippen LogP contribution in [0.15, 0.2) is 24.3 Å². The fraction of sp³-hybridized carbons (Fsp3) is 0.538. The average molecular weight is 293 g/mol. The lowest BCUT2D eigenvalue weighted by Crippen LogP contribution is -2.42. The molecule has 0 amide bonds. The summed E-state index contributed by atoms with van der Waals surface area (Å²) in [6, 6.07) is 7.07. The molecule has 0 radical (unpaired) electrons. The smallest absolute Gasteiger partial charge is 0.387 e. The van der Waals surface area contributed by atoms with E-state index >= 15 is 0 Å². The highest BCUT2D eigenvalue weighted by Crippen LogP contribution is 2.18. The Kier molecular flexibility index (Phi) is 6.48. The highest BCUT2D eigenvalue weighted by atomic mass is 35.5. The largest absolute Gasteiger partial charge is 0.435 e. The summed E-state index contributed by atoms with van der Waals surface area (Å²) in [5.41, 5.74) is 6.88. The minimum absolute atomic E-state index is 0. The molecular weight excluding hydrogens is 274 g/mol. The summed E-state index contributed by atoms with van der Waals surface area (Å²) in [6.45, 7) is -0.175. The van der Waals surface area contributed by atoms with Gasteiger partial charge in [0.25, 0.3) is 0 Å². The van der Waals surface area contributed by atoms with Crippen molar-refractivity contribution in [3.05, 3.63) is 29.8 Å². The molecule has 1 aliphatic rings. The van der Waals surface area contributed by atoms with Crippen molar-refractivity contribution < 1.29 is 13.5 Å². The van der Waals surface area contributed by atoms with E-state index in [0.29, 0.717) is 0 Å². The van der Waals surface area contributed by atoms with Crippen molar-refractivity contribution >= 4 is 12.4 Å². The summed E-state index contributed by atoms with van der Waals surface area (Å²) < 4.78 is 28.6. The van der Waals surface area contributed by atoms with Crippen LogP contribution in [0.5, 0.6) is 5.75 Å². The molecule has 108 valence electrons. The molecule has 2 rings (SSSR count). The van der Waals surface area contributed by atoms with Crippen molar-refractivity contribution in [3.63, 3.8) is 0 Å². The molecular formula is C13H19ClF2N2O. The topological polar surface area (TPSA) is 38.5 Å². The molecule has 0 saturated carbocycles. The van der Waals surface area contributed by atoms with Crippen molar-refractivity contribution in [2.75, 3.05) is 13.1 Å². The van der Waals surface area contributed by atoms with Crippen molar-refractivity contribution in [3.8, 4) is 5.75 Å². The summed E-state index contributed by atoms with van der Waals surface area (Å²) >= 11 is 0. The van der Waals surface area contributed by atoms with Gasteiger partial charge in [0.15, 0.2) is 0 Å². The summed E-state index contributed by atoms with van der Waals surface area (Å²) in [4.78, 5) is 2.25. The van der Waals surface area contributed by atoms with E-state index in [2.05, 4.69) is 9.64 Å². The van der Waals surface area contributed by atoms with Crippen LogP contribution in [0.2, 0.25) is 0 Å². The number of likely N-dealkylation sites (tertiary alicyclic amines) is 1. The van der Waals surface area contributed by atoms with Gasteiger partial charge in [-0.1, -0.05) is 12.1 Å². The number of nitrogens with two attached hydrogens (primary N) is 1. The van der Waals surface area contributed by atoms with Gasteiger partial charge in [-0.15, -0.1) is 12.4 Å². The van der Waals surface area contributed by atoms with E-state index in [4.69, 9.17) is 5.73 Å². The predicted molar refractivity (Wildman–Crippen MR) is 72.8 cm³/mol. The number of nitrogens with zero attached hydrogens (tertiary/aromatic N) is 1. The minimum Gasteiger partial charge on any atom is -0.435 e. The molecule has 0 bridgehead atoms. The predicted octanol–water partition coefficient (Wildman–Crippen LogP) is 2.63. The van der Waals surface area contributed by atoms with E-state index in [0.717, 1.165) is 38.0 Å². The van der Waals surface area contributed by atoms with Gasteiger partial charge in [-0.05, 0) is 37.1 Å². The Labute approximate surface area is 118 Å². The normalized spacial score (nSPS) is 20.1. The number of hydrogen-bond donors (Lipinski definition) is 1. The Morgan fingerprint density at radius 2 is 2.21 bits per heavy atom. The van der Waals surface area contributed by atoms with E-state index < -0.39 is 6.61 Å². The monoisotopic (exact) mass is 292 g/mol. The lowest BCUT2D eigenvalue weighted by molar-refractivity contribution is -0.0499. The first kappa shape index (κ1) is 16.1. The number of hydrogen-bond acceptors (Lipinski definition) is 3. The molecule has 1 aliphatic heterocycles. The van der Waals surface area contributed by atoms with Crippen LogP contribution in [0.4, 0.5) is 8.78 Å². The summed E-state index contributed by atoms with van der Waals surface area (Å²) in [5.74, 6) is 0.212. The maximum absolute atomic E-state index is 12.1. The van der Waals surface area contributed by atoms with Crippen LogP contribution in [0.1, 0.15) is 18.4 Å². The standard InChI is InChI=1S/C13H18F2N2O.ClH/c14-13(15)18-12-5-1-3-10(7-12)8-17-6-2-4-11(16)9-17;/h1,3,5,7,11,13H,2,4,6,8-9,16H2;1H. The number of benzene rings is 1. The Hall–Kier alpha value is -0.910. The van der Waals surface area contributed by atoms with Gasteiger partial charge in [0.05, 0.1) is 0 Å². The molecule has 6 heteroatoms. The van der Waals surface area contributed by atoms with Crippen LogP contribution in [-0.4, -0.2) is 30.6 Å². The summed E-state index contributed by atoms with van der Waals surface area (Å²) in [7, 11) is 0. The number of alkyl halides is 2. The third-order valence-corrected chi connectivity index (χ3v) is 3.07. The van der Waals surface area contributed by atoms with Crippen LogP contribution < -0.4 is 10.5 Å². The first-order valence-electron chi connectivity index (χ1n) is 6.15. The third kappa shape index (κ3) is 5.30. The van der Waals surface area contributed by atoms with Crippen LogP contribution in [-0.2, 0) is 6.54 Å². The van der Waals surface area contributed by atoms with E-state index in [1.54, 1.807) is 12.1 Å². The van der Waals surface area contributed by atoms with Gasteiger partial charge in [-0.3, -0.25) is 4.90 Å². The van der Waals surface area contributed by atoms with Crippen LogP contribution in [0.3, 0.4) is 0 Å². The first-order chi connectivity index (χ1) is 8.63. The number of piperidine rings is 1. The third-order valence-electron chi connectivity index (χ3n) is 3.07. The molecule has 19 heavy (non-hydrogen) atoms. The van der Waals surface area contributed by atoms with Gasteiger partial charge < -0.3 is 10.5 Å². The highest BCUT2D eigenvalue weighted by molar-refractivity contribution is 5.85. The zero-order chi connectivity index (χ0) is 13.0. The molecule has 1 unspecified atom stereocenters. The Balaban J connectivity index is 0.00000180. The molecule has 1 heterocycles. The number of halogens is 3. The molecule has 1 saturated heterocycles. The van der Waals surface area contributed by atoms with Crippen molar-refractivity contribution in [1.29, 1.82) is 0 Å². The van der Waals surface area contributed by atoms with Gasteiger partial charge in [0.2, 0.25) is 0 Å². The first-order valence-corrected chi connectivity index (χ1v) is 6.15. The Morgan fingerprint density at radius 3 is 2.89 bits per heavy atom. The van der Waals surface area contributed by atoms with E-state index in [-0.39, 0.29) is 24.2 Å². The molecule has 1 fully saturated rings. The van der Waals surface area contributed by atoms with Gasteiger partial charge in [0.1, 0.15) is 5.75 Å². The second-order valence-corrected chi connectivity index (χ2v) is 4.66. The molecule has 1 aromatic carbocycles. The fourth-order valence-corrected chi connectivity index (χ4v) is 2.31. The van der Waals surface area contributed by atoms with Gasteiger partial charge in [-0.25, -0.2) is 0 Å². The molecule has 1 aromatic rings. The van der Waals surface area contributed by atoms with Crippen LogP contribution in [0.25, 0.3) is 0 Å². The quantitative estimate of drug-likeness (QED) is 0.927. The van der Waals surface area contributed by atoms with Crippen LogP contribution >= 0.6 is 12.4 Å². The van der Waals surface area contributed by atoms with Crippen molar-refractivity contribution in [2.24, 2.45) is 5.73 Å². The molecule has 0 aromatic heterocycles. The molecule has 3 nitrogen and oxygen atoms in total. The second kappa shape index (κ2) is 7.62. The van der Waals surface area contributed by atoms with Crippen LogP contribution in [0, 0.1) is 0 Å². The Bertz CT molecular complexity index is 393. The molecule has 0 spiro atoms. The second-order valence-electron chi connectivity index (χ2n) is 4.66. The van der Waals surface area contributed by atoms with Gasteiger partial charge >= 0.3 is 6.61 Å². The zero-order valence-corrected chi connectivity index (χ0v) is 11.4. The highest BCUT2D eigenvalue weighted by Gasteiger charge is 2.16. The number of rotatable bonds is 4. The lowest BCUT2D eigenvalue weighted by atomic mass is 10.1. The minimum atomic E-state index is -2.77. The van der Waals surface area contributed by atoms with E-state index in [1.165, 1.54) is 6.07 Å². The maximum Gasteiger partial charge on any atom is 0.387 e. The lowest BCUT2D eigenvalue weighted by Gasteiger charge is -2.30. The van der Waals surface area contributed by atoms with Crippen molar-refractivity contribution in [2.45, 2.75) is 32.0 Å².